The van der Waals surface area contributed by atoms with Gasteiger partial charge in [0.2, 0.25) is 5.91 Å². The lowest BCUT2D eigenvalue weighted by Gasteiger charge is -2.31. The molecule has 0 unspecified atom stereocenters. The van der Waals surface area contributed by atoms with Gasteiger partial charge in [0.1, 0.15) is 4.88 Å². The fourth-order valence-electron chi connectivity index (χ4n) is 2.75. The summed E-state index contributed by atoms with van der Waals surface area (Å²) >= 11 is 1.32. The lowest BCUT2D eigenvalue weighted by Crippen LogP contribution is -2.45. The maximum atomic E-state index is 12.6. The van der Waals surface area contributed by atoms with E-state index >= 15 is 0 Å². The molecule has 1 saturated heterocycles. The minimum atomic E-state index is -0.0196. The number of piperidine rings is 1. The Labute approximate surface area is 151 Å². The first-order chi connectivity index (χ1) is 12.1. The van der Waals surface area contributed by atoms with Gasteiger partial charge in [-0.25, -0.2) is 4.98 Å². The molecule has 3 rings (SSSR count). The maximum absolute atomic E-state index is 12.6. The van der Waals surface area contributed by atoms with Crippen LogP contribution in [0.25, 0.3) is 0 Å². The summed E-state index contributed by atoms with van der Waals surface area (Å²) in [5.74, 6) is 6.03. The number of nitrogens with zero attached hydrogens (tertiary/aromatic N) is 2. The maximum Gasteiger partial charge on any atom is 0.265 e. The van der Waals surface area contributed by atoms with Crippen LogP contribution in [-0.4, -0.2) is 40.8 Å². The monoisotopic (exact) mass is 353 g/mol. The Balaban J connectivity index is 1.60. The molecule has 1 aromatic heterocycles. The van der Waals surface area contributed by atoms with Crippen molar-refractivity contribution in [3.8, 4) is 11.8 Å². The molecule has 2 aromatic rings. The number of benzene rings is 1. The van der Waals surface area contributed by atoms with Crippen molar-refractivity contribution in [1.29, 1.82) is 0 Å². The van der Waals surface area contributed by atoms with Crippen LogP contribution in [0.3, 0.4) is 0 Å². The van der Waals surface area contributed by atoms with Crippen molar-refractivity contribution in [3.05, 3.63) is 52.0 Å². The normalized spacial score (nSPS) is 14.5. The third-order valence-corrected chi connectivity index (χ3v) is 4.89. The number of hydrogen-bond donors (Lipinski definition) is 1. The van der Waals surface area contributed by atoms with Crippen molar-refractivity contribution in [2.45, 2.75) is 25.8 Å². The Morgan fingerprint density at radius 2 is 1.92 bits per heavy atom. The van der Waals surface area contributed by atoms with Crippen LogP contribution in [0.4, 0.5) is 0 Å². The van der Waals surface area contributed by atoms with Crippen LogP contribution in [0.1, 0.15) is 40.0 Å². The van der Waals surface area contributed by atoms with E-state index in [1.807, 2.05) is 35.2 Å². The number of thiazole rings is 1. The van der Waals surface area contributed by atoms with Gasteiger partial charge < -0.3 is 10.2 Å². The lowest BCUT2D eigenvalue weighted by atomic mass is 10.0. The first-order valence-electron chi connectivity index (χ1n) is 8.21. The highest BCUT2D eigenvalue weighted by Gasteiger charge is 2.25. The van der Waals surface area contributed by atoms with E-state index in [-0.39, 0.29) is 17.9 Å². The predicted octanol–water partition coefficient (Wildman–Crippen LogP) is 2.28. The quantitative estimate of drug-likeness (QED) is 0.843. The summed E-state index contributed by atoms with van der Waals surface area (Å²) in [4.78, 5) is 30.3. The number of aromatic nitrogens is 1. The van der Waals surface area contributed by atoms with Crippen molar-refractivity contribution in [3.63, 3.8) is 0 Å². The SMILES string of the molecule is CC(=O)NC1CCN(C(=O)c2cnc(C#Cc3ccccc3)s2)CC1. The van der Waals surface area contributed by atoms with Gasteiger partial charge in [0.15, 0.2) is 5.01 Å². The Bertz CT molecular complexity index is 812. The topological polar surface area (TPSA) is 62.3 Å². The Kier molecular flexibility index (Phi) is 5.46. The van der Waals surface area contributed by atoms with E-state index in [9.17, 15) is 9.59 Å². The van der Waals surface area contributed by atoms with Gasteiger partial charge in [-0.3, -0.25) is 9.59 Å². The van der Waals surface area contributed by atoms with Crippen molar-refractivity contribution in [2.24, 2.45) is 0 Å². The molecular formula is C19H19N3O2S. The standard InChI is InChI=1S/C19H19N3O2S/c1-14(23)21-16-9-11-22(12-10-16)19(24)17-13-20-18(25-17)8-7-15-5-3-2-4-6-15/h2-6,13,16H,9-12H2,1H3,(H,21,23). The molecule has 25 heavy (non-hydrogen) atoms. The third kappa shape index (κ3) is 4.68. The van der Waals surface area contributed by atoms with Crippen molar-refractivity contribution in [2.75, 3.05) is 13.1 Å². The largest absolute Gasteiger partial charge is 0.353 e. The van der Waals surface area contributed by atoms with Gasteiger partial charge in [-0.2, -0.15) is 0 Å². The molecule has 5 nitrogen and oxygen atoms in total. The number of hydrogen-bond acceptors (Lipinski definition) is 4. The number of likely N-dealkylation sites (tertiary alicyclic amines) is 1. The molecule has 0 spiro atoms. The minimum absolute atomic E-state index is 0.00784. The van der Waals surface area contributed by atoms with E-state index in [4.69, 9.17) is 0 Å². The van der Waals surface area contributed by atoms with Gasteiger partial charge in [-0.15, -0.1) is 11.3 Å². The Morgan fingerprint density at radius 3 is 2.60 bits per heavy atom. The minimum Gasteiger partial charge on any atom is -0.353 e. The highest BCUT2D eigenvalue weighted by molar-refractivity contribution is 7.14. The van der Waals surface area contributed by atoms with Crippen LogP contribution >= 0.6 is 11.3 Å². The number of carbonyl (C=O) groups is 2. The van der Waals surface area contributed by atoms with Crippen LogP contribution in [0.15, 0.2) is 36.5 Å². The van der Waals surface area contributed by atoms with E-state index in [0.29, 0.717) is 23.0 Å². The van der Waals surface area contributed by atoms with Crippen LogP contribution in [0.5, 0.6) is 0 Å². The number of rotatable bonds is 2. The van der Waals surface area contributed by atoms with E-state index in [2.05, 4.69) is 22.1 Å². The summed E-state index contributed by atoms with van der Waals surface area (Å²) < 4.78 is 0. The molecule has 0 aliphatic carbocycles. The van der Waals surface area contributed by atoms with E-state index in [1.54, 1.807) is 6.20 Å². The van der Waals surface area contributed by atoms with Crippen LogP contribution in [-0.2, 0) is 4.79 Å². The molecular weight excluding hydrogens is 334 g/mol. The van der Waals surface area contributed by atoms with Gasteiger partial charge in [0.05, 0.1) is 6.20 Å². The van der Waals surface area contributed by atoms with E-state index in [0.717, 1.165) is 18.4 Å². The molecule has 2 amide bonds. The second-order valence-electron chi connectivity index (χ2n) is 5.91. The highest BCUT2D eigenvalue weighted by atomic mass is 32.1. The van der Waals surface area contributed by atoms with Crippen LogP contribution in [0, 0.1) is 11.8 Å². The van der Waals surface area contributed by atoms with Gasteiger partial charge in [-0.1, -0.05) is 24.1 Å². The van der Waals surface area contributed by atoms with Crippen LogP contribution < -0.4 is 5.32 Å². The second-order valence-corrected chi connectivity index (χ2v) is 6.94. The molecule has 0 radical (unpaired) electrons. The first-order valence-corrected chi connectivity index (χ1v) is 9.03. The fourth-order valence-corrected chi connectivity index (χ4v) is 3.49. The molecule has 6 heteroatoms. The molecule has 128 valence electrons. The Morgan fingerprint density at radius 1 is 1.20 bits per heavy atom. The zero-order valence-electron chi connectivity index (χ0n) is 14.0. The van der Waals surface area contributed by atoms with E-state index in [1.165, 1.54) is 18.3 Å². The highest BCUT2D eigenvalue weighted by Crippen LogP contribution is 2.18. The van der Waals surface area contributed by atoms with Gasteiger partial charge in [0, 0.05) is 31.6 Å². The number of carbonyl (C=O) groups excluding carboxylic acids is 2. The summed E-state index contributed by atoms with van der Waals surface area (Å²) in [6.45, 7) is 2.81. The predicted molar refractivity (Wildman–Crippen MR) is 97.3 cm³/mol. The molecule has 1 N–H and O–H groups in total. The zero-order chi connectivity index (χ0) is 17.6. The second kappa shape index (κ2) is 7.95. The van der Waals surface area contributed by atoms with Gasteiger partial charge in [-0.05, 0) is 30.9 Å². The summed E-state index contributed by atoms with van der Waals surface area (Å²) in [6, 6.07) is 9.85. The summed E-state index contributed by atoms with van der Waals surface area (Å²) in [5, 5.41) is 3.55. The van der Waals surface area contributed by atoms with Crippen molar-refractivity contribution >= 4 is 23.2 Å². The smallest absolute Gasteiger partial charge is 0.265 e. The average Bonchev–Trinajstić information content (AvgIpc) is 3.09. The summed E-state index contributed by atoms with van der Waals surface area (Å²) in [7, 11) is 0. The van der Waals surface area contributed by atoms with Gasteiger partial charge in [0.25, 0.3) is 5.91 Å². The fraction of sp³-hybridized carbons (Fsp3) is 0.316. The Hall–Kier alpha value is -2.65. The van der Waals surface area contributed by atoms with Gasteiger partial charge >= 0.3 is 0 Å². The molecule has 0 bridgehead atoms. The lowest BCUT2D eigenvalue weighted by molar-refractivity contribution is -0.119. The first kappa shape index (κ1) is 17.2. The summed E-state index contributed by atoms with van der Waals surface area (Å²) in [6.07, 6.45) is 3.16. The van der Waals surface area contributed by atoms with Crippen LogP contribution in [0.2, 0.25) is 0 Å². The van der Waals surface area contributed by atoms with Crippen molar-refractivity contribution in [1.82, 2.24) is 15.2 Å². The third-order valence-electron chi connectivity index (χ3n) is 3.99. The van der Waals surface area contributed by atoms with E-state index < -0.39 is 0 Å². The average molecular weight is 353 g/mol. The van der Waals surface area contributed by atoms with Crippen molar-refractivity contribution < 1.29 is 9.59 Å². The summed E-state index contributed by atoms with van der Waals surface area (Å²) in [5.41, 5.74) is 0.922. The zero-order valence-corrected chi connectivity index (χ0v) is 14.8. The molecule has 1 fully saturated rings. The number of nitrogens with one attached hydrogen (secondary N) is 1. The number of amides is 2. The molecule has 0 atom stereocenters. The molecule has 2 heterocycles. The molecule has 1 aromatic carbocycles. The molecule has 0 saturated carbocycles. The molecule has 1 aliphatic heterocycles. The molecule has 1 aliphatic rings.